The van der Waals surface area contributed by atoms with E-state index in [9.17, 15) is 0 Å². The minimum atomic E-state index is 0.490. The van der Waals surface area contributed by atoms with Gasteiger partial charge in [0.1, 0.15) is 0 Å². The van der Waals surface area contributed by atoms with Crippen LogP contribution in [0.15, 0.2) is 48.5 Å². The van der Waals surface area contributed by atoms with Gasteiger partial charge in [0.2, 0.25) is 0 Å². The van der Waals surface area contributed by atoms with E-state index in [1.165, 1.54) is 16.7 Å². The zero-order valence-electron chi connectivity index (χ0n) is 12.0. The first kappa shape index (κ1) is 13.2. The van der Waals surface area contributed by atoms with Crippen LogP contribution in [0.2, 0.25) is 0 Å². The number of hydrogen-bond acceptors (Lipinski definition) is 2. The predicted molar refractivity (Wildman–Crippen MR) is 84.4 cm³/mol. The van der Waals surface area contributed by atoms with Crippen LogP contribution in [-0.4, -0.2) is 11.4 Å². The molecule has 0 fully saturated rings. The molecule has 104 valence electrons. The number of nitrogens with two attached hydrogens (primary N) is 1. The van der Waals surface area contributed by atoms with E-state index < -0.39 is 0 Å². The fourth-order valence-corrected chi connectivity index (χ4v) is 3.21. The Morgan fingerprint density at radius 1 is 1.05 bits per heavy atom. The molecule has 2 aromatic rings. The summed E-state index contributed by atoms with van der Waals surface area (Å²) in [4.78, 5) is 2.59. The summed E-state index contributed by atoms with van der Waals surface area (Å²) < 4.78 is 0. The first-order valence-electron chi connectivity index (χ1n) is 7.44. The highest BCUT2D eigenvalue weighted by Gasteiger charge is 2.23. The molecule has 1 unspecified atom stereocenters. The Morgan fingerprint density at radius 3 is 2.45 bits per heavy atom. The lowest BCUT2D eigenvalue weighted by atomic mass is 9.95. The van der Waals surface area contributed by atoms with Gasteiger partial charge in [-0.15, -0.1) is 0 Å². The second-order valence-corrected chi connectivity index (χ2v) is 5.58. The van der Waals surface area contributed by atoms with E-state index in [0.717, 1.165) is 31.6 Å². The quantitative estimate of drug-likeness (QED) is 0.857. The number of rotatable bonds is 3. The van der Waals surface area contributed by atoms with Gasteiger partial charge in [0, 0.05) is 24.8 Å². The molecule has 1 heterocycles. The standard InChI is InChI=1S/C18H22N2/c1-2-18(15-7-9-17(19)10-8-15)20-12-11-14-5-3-4-6-16(14)13-20/h3-10,18H,2,11-13,19H2,1H3. The lowest BCUT2D eigenvalue weighted by molar-refractivity contribution is 0.174. The van der Waals surface area contributed by atoms with E-state index in [2.05, 4.69) is 48.2 Å². The number of hydrogen-bond donors (Lipinski definition) is 1. The Balaban J connectivity index is 1.83. The van der Waals surface area contributed by atoms with Gasteiger partial charge < -0.3 is 5.73 Å². The van der Waals surface area contributed by atoms with E-state index in [1.807, 2.05) is 12.1 Å². The van der Waals surface area contributed by atoms with Gasteiger partial charge >= 0.3 is 0 Å². The van der Waals surface area contributed by atoms with Gasteiger partial charge in [-0.1, -0.05) is 43.3 Å². The highest BCUT2D eigenvalue weighted by Crippen LogP contribution is 2.30. The van der Waals surface area contributed by atoms with E-state index >= 15 is 0 Å². The van der Waals surface area contributed by atoms with Crippen molar-refractivity contribution in [2.45, 2.75) is 32.4 Å². The Hall–Kier alpha value is -1.80. The molecule has 0 aromatic heterocycles. The van der Waals surface area contributed by atoms with Crippen LogP contribution in [0.3, 0.4) is 0 Å². The molecule has 2 heteroatoms. The Labute approximate surface area is 121 Å². The van der Waals surface area contributed by atoms with Gasteiger partial charge in [-0.3, -0.25) is 4.90 Å². The molecule has 0 amide bonds. The zero-order chi connectivity index (χ0) is 13.9. The molecule has 0 aliphatic carbocycles. The molecule has 1 aliphatic rings. The van der Waals surface area contributed by atoms with Crippen molar-refractivity contribution in [2.24, 2.45) is 0 Å². The van der Waals surface area contributed by atoms with Crippen molar-refractivity contribution in [1.29, 1.82) is 0 Å². The topological polar surface area (TPSA) is 29.3 Å². The number of benzene rings is 2. The van der Waals surface area contributed by atoms with Crippen LogP contribution in [-0.2, 0) is 13.0 Å². The minimum Gasteiger partial charge on any atom is -0.399 e. The lowest BCUT2D eigenvalue weighted by Gasteiger charge is -2.35. The summed E-state index contributed by atoms with van der Waals surface area (Å²) in [5.41, 5.74) is 11.0. The molecule has 2 N–H and O–H groups in total. The van der Waals surface area contributed by atoms with Crippen molar-refractivity contribution in [3.8, 4) is 0 Å². The zero-order valence-corrected chi connectivity index (χ0v) is 12.0. The molecule has 0 radical (unpaired) electrons. The molecular weight excluding hydrogens is 244 g/mol. The molecule has 2 nitrogen and oxygen atoms in total. The molecule has 0 bridgehead atoms. The van der Waals surface area contributed by atoms with Crippen molar-refractivity contribution in [2.75, 3.05) is 12.3 Å². The first-order chi connectivity index (χ1) is 9.78. The molecule has 0 spiro atoms. The SMILES string of the molecule is CCC(c1ccc(N)cc1)N1CCc2ccccc2C1. The van der Waals surface area contributed by atoms with E-state index in [0.29, 0.717) is 6.04 Å². The molecule has 3 rings (SSSR count). The first-order valence-corrected chi connectivity index (χ1v) is 7.44. The largest absolute Gasteiger partial charge is 0.399 e. The summed E-state index contributed by atoms with van der Waals surface area (Å²) in [6.45, 7) is 4.46. The number of fused-ring (bicyclic) bond motifs is 1. The van der Waals surface area contributed by atoms with Crippen LogP contribution < -0.4 is 5.73 Å². The minimum absolute atomic E-state index is 0.490. The fourth-order valence-electron chi connectivity index (χ4n) is 3.21. The van der Waals surface area contributed by atoms with Gasteiger partial charge in [-0.25, -0.2) is 0 Å². The maximum Gasteiger partial charge on any atom is 0.0349 e. The van der Waals surface area contributed by atoms with Crippen LogP contribution in [0, 0.1) is 0 Å². The molecule has 0 saturated heterocycles. The molecule has 20 heavy (non-hydrogen) atoms. The van der Waals surface area contributed by atoms with E-state index in [4.69, 9.17) is 5.73 Å². The van der Waals surface area contributed by atoms with Gasteiger partial charge in [0.15, 0.2) is 0 Å². The van der Waals surface area contributed by atoms with Crippen LogP contribution >= 0.6 is 0 Å². The van der Waals surface area contributed by atoms with Crippen molar-refractivity contribution in [3.63, 3.8) is 0 Å². The maximum atomic E-state index is 5.80. The smallest absolute Gasteiger partial charge is 0.0349 e. The van der Waals surface area contributed by atoms with Gasteiger partial charge in [0.25, 0.3) is 0 Å². The normalized spacial score (nSPS) is 16.6. The lowest BCUT2D eigenvalue weighted by Crippen LogP contribution is -2.33. The molecular formula is C18H22N2. The van der Waals surface area contributed by atoms with Crippen molar-refractivity contribution < 1.29 is 0 Å². The summed E-state index contributed by atoms with van der Waals surface area (Å²) in [5.74, 6) is 0. The third-order valence-corrected chi connectivity index (χ3v) is 4.31. The Morgan fingerprint density at radius 2 is 1.75 bits per heavy atom. The number of anilines is 1. The van der Waals surface area contributed by atoms with Gasteiger partial charge in [0.05, 0.1) is 0 Å². The molecule has 1 aliphatic heterocycles. The average Bonchev–Trinajstić information content (AvgIpc) is 2.50. The maximum absolute atomic E-state index is 5.80. The number of nitrogens with zero attached hydrogens (tertiary/aromatic N) is 1. The summed E-state index contributed by atoms with van der Waals surface area (Å²) in [6, 6.07) is 17.7. The highest BCUT2D eigenvalue weighted by atomic mass is 15.2. The van der Waals surface area contributed by atoms with Crippen molar-refractivity contribution >= 4 is 5.69 Å². The Bertz CT molecular complexity index is 574. The molecule has 2 aromatic carbocycles. The van der Waals surface area contributed by atoms with E-state index in [1.54, 1.807) is 0 Å². The predicted octanol–water partition coefficient (Wildman–Crippen LogP) is 3.78. The van der Waals surface area contributed by atoms with Gasteiger partial charge in [-0.05, 0) is 41.7 Å². The second-order valence-electron chi connectivity index (χ2n) is 5.58. The third kappa shape index (κ3) is 2.56. The van der Waals surface area contributed by atoms with Gasteiger partial charge in [-0.2, -0.15) is 0 Å². The highest BCUT2D eigenvalue weighted by molar-refractivity contribution is 5.40. The fraction of sp³-hybridized carbons (Fsp3) is 0.333. The van der Waals surface area contributed by atoms with E-state index in [-0.39, 0.29) is 0 Å². The van der Waals surface area contributed by atoms with Crippen LogP contribution in [0.5, 0.6) is 0 Å². The molecule has 0 saturated carbocycles. The summed E-state index contributed by atoms with van der Waals surface area (Å²) >= 11 is 0. The molecule has 1 atom stereocenters. The summed E-state index contributed by atoms with van der Waals surface area (Å²) in [5, 5.41) is 0. The summed E-state index contributed by atoms with van der Waals surface area (Å²) in [6.07, 6.45) is 2.29. The Kier molecular flexibility index (Phi) is 3.75. The monoisotopic (exact) mass is 266 g/mol. The third-order valence-electron chi connectivity index (χ3n) is 4.31. The second kappa shape index (κ2) is 5.68. The summed E-state index contributed by atoms with van der Waals surface area (Å²) in [7, 11) is 0. The number of nitrogen functional groups attached to an aromatic ring is 1. The van der Waals surface area contributed by atoms with Crippen LogP contribution in [0.4, 0.5) is 5.69 Å². The van der Waals surface area contributed by atoms with Crippen LogP contribution in [0.1, 0.15) is 36.1 Å². The van der Waals surface area contributed by atoms with Crippen LogP contribution in [0.25, 0.3) is 0 Å². The average molecular weight is 266 g/mol. The van der Waals surface area contributed by atoms with Crippen molar-refractivity contribution in [3.05, 3.63) is 65.2 Å². The van der Waals surface area contributed by atoms with Crippen molar-refractivity contribution in [1.82, 2.24) is 4.90 Å².